The van der Waals surface area contributed by atoms with Crippen LogP contribution >= 0.6 is 15.9 Å². The summed E-state index contributed by atoms with van der Waals surface area (Å²) in [5.41, 5.74) is 6.34. The van der Waals surface area contributed by atoms with Gasteiger partial charge in [-0.25, -0.2) is 9.78 Å². The van der Waals surface area contributed by atoms with Crippen LogP contribution in [0.3, 0.4) is 0 Å². The SMILES string of the molecule is CC(C)(C)OC(=O)Nc1ccc(Br)c2nc(N)nnc12. The molecule has 0 atom stereocenters. The van der Waals surface area contributed by atoms with E-state index in [0.717, 1.165) is 0 Å². The molecule has 3 N–H and O–H groups in total. The number of fused-ring (bicyclic) bond motifs is 1. The third-order valence-electron chi connectivity index (χ3n) is 2.22. The first-order valence-corrected chi connectivity index (χ1v) is 6.64. The van der Waals surface area contributed by atoms with E-state index < -0.39 is 11.7 Å². The van der Waals surface area contributed by atoms with Crippen LogP contribution < -0.4 is 11.1 Å². The van der Waals surface area contributed by atoms with Gasteiger partial charge in [0, 0.05) is 4.47 Å². The van der Waals surface area contributed by atoms with Crippen LogP contribution in [0.4, 0.5) is 16.4 Å². The lowest BCUT2D eigenvalue weighted by Gasteiger charge is -2.19. The van der Waals surface area contributed by atoms with Crippen molar-refractivity contribution in [3.05, 3.63) is 16.6 Å². The Morgan fingerprint density at radius 3 is 2.65 bits per heavy atom. The number of carbonyl (C=O) groups excluding carboxylic acids is 1. The molecule has 0 unspecified atom stereocenters. The maximum atomic E-state index is 11.8. The van der Waals surface area contributed by atoms with Crippen LogP contribution in [-0.2, 0) is 4.74 Å². The molecule has 1 aromatic carbocycles. The molecule has 0 aliphatic heterocycles. The lowest BCUT2D eigenvalue weighted by molar-refractivity contribution is 0.0636. The third kappa shape index (κ3) is 3.32. The van der Waals surface area contributed by atoms with Crippen molar-refractivity contribution in [1.82, 2.24) is 15.2 Å². The van der Waals surface area contributed by atoms with Gasteiger partial charge in [-0.15, -0.1) is 10.2 Å². The van der Waals surface area contributed by atoms with Crippen molar-refractivity contribution < 1.29 is 9.53 Å². The normalized spacial score (nSPS) is 11.4. The maximum Gasteiger partial charge on any atom is 0.412 e. The lowest BCUT2D eigenvalue weighted by Crippen LogP contribution is -2.27. The number of halogens is 1. The van der Waals surface area contributed by atoms with E-state index >= 15 is 0 Å². The van der Waals surface area contributed by atoms with Gasteiger partial charge in [-0.05, 0) is 48.8 Å². The topological polar surface area (TPSA) is 103 Å². The van der Waals surface area contributed by atoms with Crippen molar-refractivity contribution in [3.8, 4) is 0 Å². The van der Waals surface area contributed by atoms with Crippen molar-refractivity contribution in [1.29, 1.82) is 0 Å². The highest BCUT2D eigenvalue weighted by Gasteiger charge is 2.18. The van der Waals surface area contributed by atoms with Crippen molar-refractivity contribution in [3.63, 3.8) is 0 Å². The van der Waals surface area contributed by atoms with Crippen molar-refractivity contribution >= 4 is 44.7 Å². The van der Waals surface area contributed by atoms with Crippen LogP contribution in [0.25, 0.3) is 11.0 Å². The Labute approximate surface area is 124 Å². The number of nitrogens with one attached hydrogen (secondary N) is 1. The van der Waals surface area contributed by atoms with Gasteiger partial charge in [-0.2, -0.15) is 0 Å². The van der Waals surface area contributed by atoms with Gasteiger partial charge < -0.3 is 10.5 Å². The molecule has 0 bridgehead atoms. The fourth-order valence-electron chi connectivity index (χ4n) is 1.52. The fourth-order valence-corrected chi connectivity index (χ4v) is 1.92. The molecule has 2 aromatic rings. The summed E-state index contributed by atoms with van der Waals surface area (Å²) in [4.78, 5) is 15.9. The number of ether oxygens (including phenoxy) is 1. The van der Waals surface area contributed by atoms with Crippen molar-refractivity contribution in [2.75, 3.05) is 11.1 Å². The number of rotatable bonds is 1. The molecule has 0 saturated carbocycles. The van der Waals surface area contributed by atoms with Crippen LogP contribution in [0.5, 0.6) is 0 Å². The molecule has 0 saturated heterocycles. The van der Waals surface area contributed by atoms with E-state index in [2.05, 4.69) is 36.4 Å². The Hall–Kier alpha value is -1.96. The maximum absolute atomic E-state index is 11.8. The van der Waals surface area contributed by atoms with Gasteiger partial charge in [-0.3, -0.25) is 5.32 Å². The average molecular weight is 340 g/mol. The lowest BCUT2D eigenvalue weighted by atomic mass is 10.2. The van der Waals surface area contributed by atoms with Crippen LogP contribution in [0.15, 0.2) is 16.6 Å². The second-order valence-electron chi connectivity index (χ2n) is 5.09. The molecule has 0 spiro atoms. The summed E-state index contributed by atoms with van der Waals surface area (Å²) in [6.45, 7) is 5.36. The molecule has 7 nitrogen and oxygen atoms in total. The summed E-state index contributed by atoms with van der Waals surface area (Å²) in [5, 5.41) is 10.3. The van der Waals surface area contributed by atoms with Gasteiger partial charge in [-0.1, -0.05) is 0 Å². The monoisotopic (exact) mass is 339 g/mol. The number of hydrogen-bond acceptors (Lipinski definition) is 6. The second-order valence-corrected chi connectivity index (χ2v) is 5.94. The minimum Gasteiger partial charge on any atom is -0.444 e. The molecule has 0 aliphatic rings. The van der Waals surface area contributed by atoms with Gasteiger partial charge in [0.2, 0.25) is 5.95 Å². The van der Waals surface area contributed by atoms with Crippen LogP contribution in [0.2, 0.25) is 0 Å². The zero-order valence-corrected chi connectivity index (χ0v) is 12.9. The summed E-state index contributed by atoms with van der Waals surface area (Å²) in [6, 6.07) is 3.42. The third-order valence-corrected chi connectivity index (χ3v) is 2.86. The number of carbonyl (C=O) groups is 1. The molecule has 1 heterocycles. The molecular formula is C12H14BrN5O2. The first kappa shape index (κ1) is 14.4. The molecular weight excluding hydrogens is 326 g/mol. The van der Waals surface area contributed by atoms with Gasteiger partial charge >= 0.3 is 6.09 Å². The van der Waals surface area contributed by atoms with Crippen molar-refractivity contribution in [2.24, 2.45) is 0 Å². The molecule has 1 aromatic heterocycles. The predicted octanol–water partition coefficient (Wildman–Crippen LogP) is 2.72. The molecule has 0 fully saturated rings. The highest BCUT2D eigenvalue weighted by molar-refractivity contribution is 9.10. The summed E-state index contributed by atoms with van der Waals surface area (Å²) in [5.74, 6) is 0.0626. The smallest absolute Gasteiger partial charge is 0.412 e. The number of amides is 1. The largest absolute Gasteiger partial charge is 0.444 e. The van der Waals surface area contributed by atoms with Gasteiger partial charge in [0.25, 0.3) is 0 Å². The molecule has 20 heavy (non-hydrogen) atoms. The summed E-state index contributed by atoms with van der Waals surface area (Å²) < 4.78 is 5.90. The number of nitrogens with two attached hydrogens (primary N) is 1. The van der Waals surface area contributed by atoms with Gasteiger partial charge in [0.05, 0.1) is 5.69 Å². The van der Waals surface area contributed by atoms with E-state index in [4.69, 9.17) is 10.5 Å². The molecule has 1 amide bonds. The quantitative estimate of drug-likeness (QED) is 0.827. The predicted molar refractivity (Wildman–Crippen MR) is 79.3 cm³/mol. The van der Waals surface area contributed by atoms with E-state index in [-0.39, 0.29) is 5.95 Å². The second kappa shape index (κ2) is 5.20. The zero-order chi connectivity index (χ0) is 14.9. The number of anilines is 2. The summed E-state index contributed by atoms with van der Waals surface area (Å²) in [7, 11) is 0. The zero-order valence-electron chi connectivity index (χ0n) is 11.3. The molecule has 106 valence electrons. The Balaban J connectivity index is 2.36. The minimum atomic E-state index is -0.580. The van der Waals surface area contributed by atoms with Crippen LogP contribution in [0, 0.1) is 0 Å². The standard InChI is InChI=1S/C12H14BrN5O2/c1-12(2,3)20-11(19)15-7-5-4-6(13)8-9(7)17-18-10(14)16-8/h4-5H,1-3H3,(H,15,19)(H2,14,16,18). The summed E-state index contributed by atoms with van der Waals surface area (Å²) >= 11 is 3.35. The molecule has 0 aliphatic carbocycles. The van der Waals surface area contributed by atoms with Gasteiger partial charge in [0.1, 0.15) is 16.6 Å². The molecule has 8 heteroatoms. The van der Waals surface area contributed by atoms with Crippen LogP contribution in [0.1, 0.15) is 20.8 Å². The highest BCUT2D eigenvalue weighted by atomic mass is 79.9. The van der Waals surface area contributed by atoms with Crippen LogP contribution in [-0.4, -0.2) is 26.9 Å². The summed E-state index contributed by atoms with van der Waals surface area (Å²) in [6.07, 6.45) is -0.570. The van der Waals surface area contributed by atoms with E-state index in [9.17, 15) is 4.79 Å². The van der Waals surface area contributed by atoms with Crippen molar-refractivity contribution in [2.45, 2.75) is 26.4 Å². The number of nitrogens with zero attached hydrogens (tertiary/aromatic N) is 3. The van der Waals surface area contributed by atoms with E-state index in [0.29, 0.717) is 21.2 Å². The van der Waals surface area contributed by atoms with E-state index in [1.54, 1.807) is 32.9 Å². The molecule has 0 radical (unpaired) electrons. The molecule has 2 rings (SSSR count). The number of aromatic nitrogens is 3. The Kier molecular flexibility index (Phi) is 3.76. The number of benzene rings is 1. The Bertz CT molecular complexity index is 669. The first-order chi connectivity index (χ1) is 9.26. The first-order valence-electron chi connectivity index (χ1n) is 5.85. The number of nitrogen functional groups attached to an aromatic ring is 1. The Morgan fingerprint density at radius 1 is 1.30 bits per heavy atom. The van der Waals surface area contributed by atoms with Gasteiger partial charge in [0.15, 0.2) is 0 Å². The fraction of sp³-hybridized carbons (Fsp3) is 0.333. The number of hydrogen-bond donors (Lipinski definition) is 2. The highest BCUT2D eigenvalue weighted by Crippen LogP contribution is 2.27. The van der Waals surface area contributed by atoms with E-state index in [1.165, 1.54) is 0 Å². The minimum absolute atomic E-state index is 0.0626. The average Bonchev–Trinajstić information content (AvgIpc) is 2.30. The Morgan fingerprint density at radius 2 is 2.00 bits per heavy atom. The van der Waals surface area contributed by atoms with E-state index in [1.807, 2.05) is 0 Å².